The van der Waals surface area contributed by atoms with E-state index in [9.17, 15) is 23.1 Å². The molecule has 4 aromatic rings. The molecule has 39 heavy (non-hydrogen) atoms. The van der Waals surface area contributed by atoms with Crippen LogP contribution < -0.4 is 5.32 Å². The third-order valence-corrected chi connectivity index (χ3v) is 9.00. The summed E-state index contributed by atoms with van der Waals surface area (Å²) in [4.78, 5) is 34.2. The van der Waals surface area contributed by atoms with Crippen molar-refractivity contribution in [3.05, 3.63) is 81.7 Å². The Balaban J connectivity index is 1.40. The lowest BCUT2D eigenvalue weighted by Gasteiger charge is -2.11. The number of aromatic nitrogens is 3. The SMILES string of the molecule is Cc1cc(-c2cccc(-c3csc(CC(=O)CNC(=O)c4cc(CO)n(S(=O)(=O)C(C)C)c4)n3)c2)cc(C)n1. The zero-order chi connectivity index (χ0) is 28.3. The molecule has 204 valence electrons. The maximum atomic E-state index is 12.6. The minimum atomic E-state index is -3.75. The highest BCUT2D eigenvalue weighted by atomic mass is 32.2. The Morgan fingerprint density at radius 1 is 1.03 bits per heavy atom. The fourth-order valence-electron chi connectivity index (χ4n) is 4.09. The Morgan fingerprint density at radius 2 is 1.72 bits per heavy atom. The zero-order valence-electron chi connectivity index (χ0n) is 22.1. The molecule has 0 bridgehead atoms. The second-order valence-corrected chi connectivity index (χ2v) is 12.8. The van der Waals surface area contributed by atoms with Gasteiger partial charge < -0.3 is 10.4 Å². The Labute approximate surface area is 231 Å². The highest BCUT2D eigenvalue weighted by Gasteiger charge is 2.24. The molecule has 0 fully saturated rings. The number of carbonyl (C=O) groups excluding carboxylic acids is 2. The molecule has 3 heterocycles. The summed E-state index contributed by atoms with van der Waals surface area (Å²) in [6.45, 7) is 6.17. The van der Waals surface area contributed by atoms with Crippen LogP contribution in [0.15, 0.2) is 54.0 Å². The van der Waals surface area contributed by atoms with Gasteiger partial charge in [-0.15, -0.1) is 11.3 Å². The summed E-state index contributed by atoms with van der Waals surface area (Å²) < 4.78 is 25.9. The quantitative estimate of drug-likeness (QED) is 0.298. The standard InChI is InChI=1S/C28H30N4O5S2/c1-17(2)39(36,37)32-14-23(11-24(32)15-33)28(35)29-13-25(34)12-27-31-26(16-38-27)21-7-5-6-20(10-21)22-8-18(3)30-19(4)9-22/h5-11,14,16-17,33H,12-13,15H2,1-4H3,(H,29,35). The van der Waals surface area contributed by atoms with Crippen LogP contribution >= 0.6 is 11.3 Å². The number of thiazole rings is 1. The predicted octanol–water partition coefficient (Wildman–Crippen LogP) is 3.91. The second kappa shape index (κ2) is 11.6. The number of nitrogens with one attached hydrogen (secondary N) is 1. The minimum Gasteiger partial charge on any atom is -0.390 e. The van der Waals surface area contributed by atoms with E-state index in [4.69, 9.17) is 0 Å². The van der Waals surface area contributed by atoms with Gasteiger partial charge >= 0.3 is 0 Å². The number of carbonyl (C=O) groups is 2. The molecule has 9 nitrogen and oxygen atoms in total. The summed E-state index contributed by atoms with van der Waals surface area (Å²) in [5, 5.41) is 13.9. The number of rotatable bonds is 10. The van der Waals surface area contributed by atoms with Crippen LogP contribution in [0.4, 0.5) is 0 Å². The number of aliphatic hydroxyl groups excluding tert-OH is 1. The van der Waals surface area contributed by atoms with Gasteiger partial charge in [0, 0.05) is 28.5 Å². The van der Waals surface area contributed by atoms with E-state index in [0.717, 1.165) is 43.9 Å². The normalized spacial score (nSPS) is 11.6. The van der Waals surface area contributed by atoms with Crippen LogP contribution in [0.2, 0.25) is 0 Å². The number of hydrogen-bond acceptors (Lipinski definition) is 8. The first-order chi connectivity index (χ1) is 18.5. The van der Waals surface area contributed by atoms with Crippen molar-refractivity contribution in [1.29, 1.82) is 0 Å². The van der Waals surface area contributed by atoms with Crippen molar-refractivity contribution in [3.63, 3.8) is 0 Å². The third-order valence-electron chi connectivity index (χ3n) is 6.08. The number of hydrogen-bond donors (Lipinski definition) is 2. The van der Waals surface area contributed by atoms with E-state index in [1.165, 1.54) is 31.3 Å². The van der Waals surface area contributed by atoms with E-state index in [1.54, 1.807) is 0 Å². The van der Waals surface area contributed by atoms with Gasteiger partial charge in [-0.25, -0.2) is 17.4 Å². The van der Waals surface area contributed by atoms with Crippen molar-refractivity contribution < 1.29 is 23.1 Å². The molecule has 0 unspecified atom stereocenters. The summed E-state index contributed by atoms with van der Waals surface area (Å²) in [5.41, 5.74) is 5.85. The minimum absolute atomic E-state index is 0.0482. The molecule has 0 saturated heterocycles. The summed E-state index contributed by atoms with van der Waals surface area (Å²) in [7, 11) is -3.75. The molecule has 0 aliphatic heterocycles. The molecule has 11 heteroatoms. The highest BCUT2D eigenvalue weighted by Crippen LogP contribution is 2.28. The van der Waals surface area contributed by atoms with Crippen molar-refractivity contribution in [2.24, 2.45) is 0 Å². The molecule has 2 N–H and O–H groups in total. The molecule has 1 aromatic carbocycles. The van der Waals surface area contributed by atoms with Crippen molar-refractivity contribution >= 4 is 33.1 Å². The average molecular weight is 567 g/mol. The van der Waals surface area contributed by atoms with Gasteiger partial charge in [-0.05, 0) is 63.1 Å². The smallest absolute Gasteiger partial charge is 0.253 e. The lowest BCUT2D eigenvalue weighted by Crippen LogP contribution is -2.30. The Hall–Kier alpha value is -3.67. The van der Waals surface area contributed by atoms with Gasteiger partial charge in [0.15, 0.2) is 5.78 Å². The fraction of sp³-hybridized carbons (Fsp3) is 0.286. The van der Waals surface area contributed by atoms with E-state index in [-0.39, 0.29) is 30.0 Å². The van der Waals surface area contributed by atoms with Gasteiger partial charge in [0.2, 0.25) is 10.0 Å². The van der Waals surface area contributed by atoms with Gasteiger partial charge in [0.1, 0.15) is 5.01 Å². The number of nitrogens with zero attached hydrogens (tertiary/aromatic N) is 3. The number of aliphatic hydroxyl groups is 1. The Morgan fingerprint density at radius 3 is 2.38 bits per heavy atom. The maximum absolute atomic E-state index is 12.6. The van der Waals surface area contributed by atoms with Gasteiger partial charge in [0.05, 0.1) is 41.8 Å². The molecule has 0 aliphatic rings. The van der Waals surface area contributed by atoms with Crippen LogP contribution in [0, 0.1) is 13.8 Å². The molecule has 4 rings (SSSR count). The highest BCUT2D eigenvalue weighted by molar-refractivity contribution is 7.90. The van der Waals surface area contributed by atoms with Gasteiger partial charge in [-0.2, -0.15) is 0 Å². The van der Waals surface area contributed by atoms with E-state index in [0.29, 0.717) is 5.01 Å². The fourth-order valence-corrected chi connectivity index (χ4v) is 6.07. The maximum Gasteiger partial charge on any atom is 0.253 e. The van der Waals surface area contributed by atoms with Crippen molar-refractivity contribution in [1.82, 2.24) is 19.3 Å². The van der Waals surface area contributed by atoms with E-state index in [2.05, 4.69) is 21.4 Å². The number of ketones is 1. The summed E-state index contributed by atoms with van der Waals surface area (Å²) in [6.07, 6.45) is 1.22. The first-order valence-corrected chi connectivity index (χ1v) is 14.7. The molecule has 0 spiro atoms. The van der Waals surface area contributed by atoms with Crippen LogP contribution in [0.5, 0.6) is 0 Å². The van der Waals surface area contributed by atoms with Crippen LogP contribution in [-0.4, -0.2) is 50.9 Å². The summed E-state index contributed by atoms with van der Waals surface area (Å²) >= 11 is 1.37. The van der Waals surface area contributed by atoms with Crippen LogP contribution in [0.25, 0.3) is 22.4 Å². The topological polar surface area (TPSA) is 131 Å². The number of Topliss-reactive ketones (excluding diaryl/α,β-unsaturated/α-hetero) is 1. The molecule has 1 amide bonds. The van der Waals surface area contributed by atoms with Crippen molar-refractivity contribution in [2.45, 2.75) is 46.0 Å². The van der Waals surface area contributed by atoms with E-state index >= 15 is 0 Å². The predicted molar refractivity (Wildman–Crippen MR) is 151 cm³/mol. The number of amides is 1. The number of pyridine rings is 1. The van der Waals surface area contributed by atoms with E-state index in [1.807, 2.05) is 49.6 Å². The molecule has 0 saturated carbocycles. The average Bonchev–Trinajstić information content (AvgIpc) is 3.54. The summed E-state index contributed by atoms with van der Waals surface area (Å²) in [5.74, 6) is -0.841. The molecule has 0 aliphatic carbocycles. The zero-order valence-corrected chi connectivity index (χ0v) is 23.8. The third kappa shape index (κ3) is 6.49. The molecule has 0 atom stereocenters. The molecular formula is C28H30N4O5S2. The van der Waals surface area contributed by atoms with Gasteiger partial charge in [-0.3, -0.25) is 14.6 Å². The van der Waals surface area contributed by atoms with Crippen LogP contribution in [-0.2, 0) is 27.8 Å². The van der Waals surface area contributed by atoms with Gasteiger partial charge in [-0.1, -0.05) is 18.2 Å². The molecule has 0 radical (unpaired) electrons. The van der Waals surface area contributed by atoms with Crippen molar-refractivity contribution in [2.75, 3.05) is 6.54 Å². The first kappa shape index (κ1) is 28.3. The van der Waals surface area contributed by atoms with Gasteiger partial charge in [0.25, 0.3) is 5.91 Å². The first-order valence-electron chi connectivity index (χ1n) is 12.3. The summed E-state index contributed by atoms with van der Waals surface area (Å²) in [6, 6.07) is 13.4. The van der Waals surface area contributed by atoms with E-state index < -0.39 is 27.8 Å². The Bertz CT molecular complexity index is 1620. The number of aryl methyl sites for hydroxylation is 2. The largest absolute Gasteiger partial charge is 0.390 e. The Kier molecular flexibility index (Phi) is 8.43. The van der Waals surface area contributed by atoms with Crippen LogP contribution in [0.3, 0.4) is 0 Å². The lowest BCUT2D eigenvalue weighted by atomic mass is 10.0. The van der Waals surface area contributed by atoms with Crippen LogP contribution in [0.1, 0.15) is 46.3 Å². The molecular weight excluding hydrogens is 536 g/mol. The number of benzene rings is 1. The molecule has 3 aromatic heterocycles. The lowest BCUT2D eigenvalue weighted by molar-refractivity contribution is -0.117. The monoisotopic (exact) mass is 566 g/mol. The second-order valence-electron chi connectivity index (χ2n) is 9.51. The van der Waals surface area contributed by atoms with Crippen molar-refractivity contribution in [3.8, 4) is 22.4 Å².